The Morgan fingerprint density at radius 2 is 1.81 bits per heavy atom. The van der Waals surface area contributed by atoms with Gasteiger partial charge in [-0.05, 0) is 43.0 Å². The molecule has 3 amide bonds. The fourth-order valence-electron chi connectivity index (χ4n) is 3.94. The molecule has 0 atom stereocenters. The number of non-ortho nitro benzene ring substituents is 1. The summed E-state index contributed by atoms with van der Waals surface area (Å²) < 4.78 is 5.54. The molecule has 2 aliphatic rings. The minimum Gasteiger partial charge on any atom is -0.496 e. The second kappa shape index (κ2) is 9.09. The van der Waals surface area contributed by atoms with E-state index >= 15 is 0 Å². The van der Waals surface area contributed by atoms with Gasteiger partial charge in [0.2, 0.25) is 0 Å². The molecule has 2 fully saturated rings. The van der Waals surface area contributed by atoms with Crippen molar-refractivity contribution in [2.45, 2.75) is 25.8 Å². The van der Waals surface area contributed by atoms with Gasteiger partial charge in [0.15, 0.2) is 0 Å². The van der Waals surface area contributed by atoms with Crippen molar-refractivity contribution in [3.05, 3.63) is 69.4 Å². The van der Waals surface area contributed by atoms with E-state index in [9.17, 15) is 19.7 Å². The maximum atomic E-state index is 12.8. The van der Waals surface area contributed by atoms with Crippen molar-refractivity contribution >= 4 is 29.4 Å². The van der Waals surface area contributed by atoms with Gasteiger partial charge in [0, 0.05) is 42.5 Å². The summed E-state index contributed by atoms with van der Waals surface area (Å²) in [5.74, 6) is 0.159. The highest BCUT2D eigenvalue weighted by molar-refractivity contribution is 6.14. The molecule has 0 bridgehead atoms. The van der Waals surface area contributed by atoms with E-state index in [4.69, 9.17) is 4.74 Å². The Balaban J connectivity index is 1.52. The number of nitrogens with one attached hydrogen (secondary N) is 1. The molecule has 2 saturated heterocycles. The number of nitrogens with zero attached hydrogens (tertiary/aromatic N) is 3. The first-order chi connectivity index (χ1) is 15.5. The van der Waals surface area contributed by atoms with Gasteiger partial charge >= 0.3 is 6.03 Å². The van der Waals surface area contributed by atoms with Crippen LogP contribution in [0.1, 0.15) is 30.4 Å². The number of piperidine rings is 1. The van der Waals surface area contributed by atoms with Crippen LogP contribution in [0.25, 0.3) is 6.08 Å². The lowest BCUT2D eigenvalue weighted by Crippen LogP contribution is -2.30. The highest BCUT2D eigenvalue weighted by Crippen LogP contribution is 2.30. The predicted octanol–water partition coefficient (Wildman–Crippen LogP) is 3.69. The Kier molecular flexibility index (Phi) is 6.07. The zero-order valence-electron chi connectivity index (χ0n) is 17.7. The van der Waals surface area contributed by atoms with Crippen LogP contribution in [-0.4, -0.2) is 42.0 Å². The maximum absolute atomic E-state index is 12.8. The third kappa shape index (κ3) is 4.41. The molecule has 0 unspecified atom stereocenters. The minimum atomic E-state index is -0.538. The smallest absolute Gasteiger partial charge is 0.329 e. The van der Waals surface area contributed by atoms with Gasteiger partial charge in [-0.15, -0.1) is 0 Å². The predicted molar refractivity (Wildman–Crippen MR) is 119 cm³/mol. The molecule has 9 nitrogen and oxygen atoms in total. The molecule has 0 aromatic heterocycles. The Labute approximate surface area is 185 Å². The van der Waals surface area contributed by atoms with Crippen LogP contribution in [0.5, 0.6) is 5.75 Å². The molecule has 9 heteroatoms. The Morgan fingerprint density at radius 3 is 2.47 bits per heavy atom. The number of imide groups is 1. The van der Waals surface area contributed by atoms with E-state index in [2.05, 4.69) is 10.2 Å². The van der Waals surface area contributed by atoms with Crippen molar-refractivity contribution in [2.24, 2.45) is 0 Å². The molecule has 0 radical (unpaired) electrons. The quantitative estimate of drug-likeness (QED) is 0.321. The zero-order valence-corrected chi connectivity index (χ0v) is 17.7. The summed E-state index contributed by atoms with van der Waals surface area (Å²) in [6.07, 6.45) is 5.18. The maximum Gasteiger partial charge on any atom is 0.329 e. The van der Waals surface area contributed by atoms with E-state index in [0.717, 1.165) is 23.7 Å². The number of anilines is 1. The van der Waals surface area contributed by atoms with Crippen molar-refractivity contribution in [2.75, 3.05) is 25.1 Å². The molecular weight excluding hydrogens is 412 g/mol. The lowest BCUT2D eigenvalue weighted by Gasteiger charge is -2.29. The summed E-state index contributed by atoms with van der Waals surface area (Å²) in [6, 6.07) is 11.0. The van der Waals surface area contributed by atoms with Gasteiger partial charge in [0.05, 0.1) is 18.6 Å². The Morgan fingerprint density at radius 1 is 1.09 bits per heavy atom. The first-order valence-corrected chi connectivity index (χ1v) is 10.5. The number of carbonyl (C=O) groups is 2. The van der Waals surface area contributed by atoms with Crippen molar-refractivity contribution in [1.82, 2.24) is 10.2 Å². The summed E-state index contributed by atoms with van der Waals surface area (Å²) >= 11 is 0. The first-order valence-electron chi connectivity index (χ1n) is 10.5. The monoisotopic (exact) mass is 436 g/mol. The Hall–Kier alpha value is -3.88. The highest BCUT2D eigenvalue weighted by Gasteiger charge is 2.33. The second-order valence-corrected chi connectivity index (χ2v) is 7.78. The molecule has 2 heterocycles. The number of carbonyl (C=O) groups excluding carboxylic acids is 2. The third-order valence-electron chi connectivity index (χ3n) is 5.69. The summed E-state index contributed by atoms with van der Waals surface area (Å²) in [6.45, 7) is 2.04. The molecule has 32 heavy (non-hydrogen) atoms. The number of nitro benzene ring substituents is 1. The topological polar surface area (TPSA) is 105 Å². The molecule has 2 aliphatic heterocycles. The number of hydrogen-bond acceptors (Lipinski definition) is 6. The van der Waals surface area contributed by atoms with Gasteiger partial charge in [-0.25, -0.2) is 4.79 Å². The molecule has 1 N–H and O–H groups in total. The number of rotatable bonds is 6. The second-order valence-electron chi connectivity index (χ2n) is 7.78. The molecule has 166 valence electrons. The number of urea groups is 1. The zero-order chi connectivity index (χ0) is 22.7. The van der Waals surface area contributed by atoms with Crippen LogP contribution in [0.4, 0.5) is 16.2 Å². The van der Waals surface area contributed by atoms with Crippen LogP contribution in [0, 0.1) is 10.1 Å². The lowest BCUT2D eigenvalue weighted by molar-refractivity contribution is -0.384. The van der Waals surface area contributed by atoms with Crippen molar-refractivity contribution < 1.29 is 19.2 Å². The number of benzene rings is 2. The van der Waals surface area contributed by atoms with Crippen LogP contribution in [-0.2, 0) is 11.3 Å². The van der Waals surface area contributed by atoms with E-state index in [1.54, 1.807) is 13.2 Å². The third-order valence-corrected chi connectivity index (χ3v) is 5.69. The fourth-order valence-corrected chi connectivity index (χ4v) is 3.94. The SMILES string of the molecule is COc1cc(N2CCCCC2)ccc1/C=C1\NC(=O)N(Cc2ccc([N+](=O)[O-])cc2)C1=O. The number of methoxy groups -OCH3 is 1. The molecular formula is C23H24N4O5. The summed E-state index contributed by atoms with van der Waals surface area (Å²) in [4.78, 5) is 38.9. The summed E-state index contributed by atoms with van der Waals surface area (Å²) in [5, 5.41) is 13.4. The molecule has 2 aromatic rings. The number of ether oxygens (including phenoxy) is 1. The first kappa shape index (κ1) is 21.4. The largest absolute Gasteiger partial charge is 0.496 e. The highest BCUT2D eigenvalue weighted by atomic mass is 16.6. The molecule has 0 saturated carbocycles. The number of nitro groups is 1. The molecule has 0 aliphatic carbocycles. The summed E-state index contributed by atoms with van der Waals surface area (Å²) in [5.41, 5.74) is 2.48. The van der Waals surface area contributed by atoms with Crippen molar-refractivity contribution in [3.63, 3.8) is 0 Å². The van der Waals surface area contributed by atoms with E-state index in [0.29, 0.717) is 16.9 Å². The fraction of sp³-hybridized carbons (Fsp3) is 0.304. The van der Waals surface area contributed by atoms with Crippen molar-refractivity contribution in [3.8, 4) is 5.75 Å². The average Bonchev–Trinajstić information content (AvgIpc) is 3.07. The lowest BCUT2D eigenvalue weighted by atomic mass is 10.1. The van der Waals surface area contributed by atoms with Gasteiger partial charge in [-0.2, -0.15) is 0 Å². The summed E-state index contributed by atoms with van der Waals surface area (Å²) in [7, 11) is 1.58. The van der Waals surface area contributed by atoms with Crippen LogP contribution in [0.15, 0.2) is 48.2 Å². The number of amides is 3. The average molecular weight is 436 g/mol. The van der Waals surface area contributed by atoms with Crippen LogP contribution in [0.3, 0.4) is 0 Å². The standard InChI is InChI=1S/C23H24N4O5/c1-32-21-14-19(25-11-3-2-4-12-25)10-7-17(21)13-20-22(28)26(23(29)24-20)15-16-5-8-18(9-6-16)27(30)31/h5-10,13-14H,2-4,11-12,15H2,1H3,(H,24,29)/b20-13-. The van der Waals surface area contributed by atoms with Gasteiger partial charge < -0.3 is 15.0 Å². The Bertz CT molecular complexity index is 1070. The van der Waals surface area contributed by atoms with E-state index in [1.807, 2.05) is 18.2 Å². The van der Waals surface area contributed by atoms with Gasteiger partial charge in [0.25, 0.3) is 11.6 Å². The van der Waals surface area contributed by atoms with Crippen LogP contribution < -0.4 is 15.0 Å². The van der Waals surface area contributed by atoms with Crippen LogP contribution in [0.2, 0.25) is 0 Å². The van der Waals surface area contributed by atoms with E-state index in [-0.39, 0.29) is 17.9 Å². The number of hydrogen-bond donors (Lipinski definition) is 1. The van der Waals surface area contributed by atoms with Crippen molar-refractivity contribution in [1.29, 1.82) is 0 Å². The van der Waals surface area contributed by atoms with E-state index in [1.165, 1.54) is 43.5 Å². The van der Waals surface area contributed by atoms with Gasteiger partial charge in [0.1, 0.15) is 11.4 Å². The van der Waals surface area contributed by atoms with Crippen LogP contribution >= 0.6 is 0 Å². The van der Waals surface area contributed by atoms with E-state index < -0.39 is 16.9 Å². The normalized spacial score (nSPS) is 17.6. The molecule has 0 spiro atoms. The molecule has 4 rings (SSSR count). The molecule has 2 aromatic carbocycles. The minimum absolute atomic E-state index is 0.0189. The van der Waals surface area contributed by atoms with Gasteiger partial charge in [-0.1, -0.05) is 12.1 Å². The van der Waals surface area contributed by atoms with Gasteiger partial charge in [-0.3, -0.25) is 19.8 Å².